The van der Waals surface area contributed by atoms with Gasteiger partial charge < -0.3 is 4.43 Å². The van der Waals surface area contributed by atoms with Crippen LogP contribution in [0.4, 0.5) is 0 Å². The van der Waals surface area contributed by atoms with Crippen LogP contribution < -0.4 is 0 Å². The number of hydrogen-bond acceptors (Lipinski definition) is 1. The van der Waals surface area contributed by atoms with Gasteiger partial charge in [0.05, 0.1) is 0 Å². The molecule has 0 saturated heterocycles. The summed E-state index contributed by atoms with van der Waals surface area (Å²) in [5, 5.41) is 0.329. The van der Waals surface area contributed by atoms with Gasteiger partial charge in [0, 0.05) is 6.10 Å². The lowest BCUT2D eigenvalue weighted by Crippen LogP contribution is -2.48. The van der Waals surface area contributed by atoms with Crippen LogP contribution >= 0.6 is 0 Å². The Morgan fingerprint density at radius 3 is 2.11 bits per heavy atom. The van der Waals surface area contributed by atoms with Gasteiger partial charge in [-0.05, 0) is 48.7 Å². The Kier molecular flexibility index (Phi) is 5.11. The summed E-state index contributed by atoms with van der Waals surface area (Å²) in [4.78, 5) is 0. The molecular formula is C16H34OSi. The molecule has 0 bridgehead atoms. The van der Waals surface area contributed by atoms with Crippen LogP contribution in [0.25, 0.3) is 0 Å². The van der Waals surface area contributed by atoms with Crippen molar-refractivity contribution in [3.05, 3.63) is 0 Å². The van der Waals surface area contributed by atoms with Crippen LogP contribution in [-0.2, 0) is 4.43 Å². The highest BCUT2D eigenvalue weighted by atomic mass is 28.4. The minimum absolute atomic E-state index is 0.329. The van der Waals surface area contributed by atoms with Crippen molar-refractivity contribution in [2.75, 3.05) is 0 Å². The maximum Gasteiger partial charge on any atom is 0.192 e. The van der Waals surface area contributed by atoms with Gasteiger partial charge in [-0.3, -0.25) is 0 Å². The third-order valence-corrected chi connectivity index (χ3v) is 9.72. The second-order valence-corrected chi connectivity index (χ2v) is 13.0. The van der Waals surface area contributed by atoms with Crippen LogP contribution in [0.5, 0.6) is 0 Å². The molecule has 0 spiro atoms. The van der Waals surface area contributed by atoms with Crippen LogP contribution in [-0.4, -0.2) is 14.4 Å². The van der Waals surface area contributed by atoms with Gasteiger partial charge in [-0.25, -0.2) is 0 Å². The Bertz CT molecular complexity index is 265. The fourth-order valence-electron chi connectivity index (χ4n) is 2.81. The smallest absolute Gasteiger partial charge is 0.192 e. The second kappa shape index (κ2) is 5.66. The van der Waals surface area contributed by atoms with E-state index in [-0.39, 0.29) is 0 Å². The summed E-state index contributed by atoms with van der Waals surface area (Å²) in [6, 6.07) is 0. The van der Waals surface area contributed by atoms with E-state index in [4.69, 9.17) is 4.43 Å². The quantitative estimate of drug-likeness (QED) is 0.618. The highest BCUT2D eigenvalue weighted by Crippen LogP contribution is 2.42. The largest absolute Gasteiger partial charge is 0.414 e. The van der Waals surface area contributed by atoms with Gasteiger partial charge in [0.1, 0.15) is 0 Å². The van der Waals surface area contributed by atoms with Gasteiger partial charge in [-0.1, -0.05) is 48.0 Å². The first-order valence-corrected chi connectivity index (χ1v) is 10.6. The van der Waals surface area contributed by atoms with Crippen molar-refractivity contribution >= 4 is 8.32 Å². The summed E-state index contributed by atoms with van der Waals surface area (Å²) in [5.74, 6) is 2.37. The predicted molar refractivity (Wildman–Crippen MR) is 83.4 cm³/mol. The van der Waals surface area contributed by atoms with Gasteiger partial charge in [0.15, 0.2) is 8.32 Å². The molecular weight excluding hydrogens is 236 g/mol. The molecule has 2 heteroatoms. The first-order chi connectivity index (χ1) is 8.04. The molecule has 3 atom stereocenters. The molecule has 0 aromatic heterocycles. The van der Waals surface area contributed by atoms with E-state index in [0.29, 0.717) is 11.1 Å². The molecule has 0 amide bonds. The lowest BCUT2D eigenvalue weighted by molar-refractivity contribution is 0.0355. The van der Waals surface area contributed by atoms with Crippen molar-refractivity contribution in [3.8, 4) is 0 Å². The zero-order valence-electron chi connectivity index (χ0n) is 13.8. The molecule has 0 N–H and O–H groups in total. The molecule has 0 aromatic carbocycles. The van der Waals surface area contributed by atoms with Gasteiger partial charge >= 0.3 is 0 Å². The summed E-state index contributed by atoms with van der Waals surface area (Å²) in [6.07, 6.45) is 4.53. The maximum atomic E-state index is 6.73. The molecule has 1 saturated carbocycles. The molecule has 1 rings (SSSR count). The summed E-state index contributed by atoms with van der Waals surface area (Å²) in [6.45, 7) is 18.9. The molecule has 1 aliphatic carbocycles. The zero-order valence-corrected chi connectivity index (χ0v) is 14.8. The highest BCUT2D eigenvalue weighted by Gasteiger charge is 2.42. The minimum Gasteiger partial charge on any atom is -0.414 e. The Morgan fingerprint density at radius 1 is 1.11 bits per heavy atom. The second-order valence-electron chi connectivity index (χ2n) is 8.24. The molecule has 0 radical (unpaired) electrons. The molecule has 1 fully saturated rings. The Labute approximate surface area is 116 Å². The van der Waals surface area contributed by atoms with Crippen LogP contribution in [0.3, 0.4) is 0 Å². The first-order valence-electron chi connectivity index (χ1n) is 7.72. The molecule has 108 valence electrons. The van der Waals surface area contributed by atoms with E-state index in [0.717, 1.165) is 17.8 Å². The van der Waals surface area contributed by atoms with E-state index in [1.807, 2.05) is 0 Å². The lowest BCUT2D eigenvalue weighted by atomic mass is 9.75. The summed E-state index contributed by atoms with van der Waals surface area (Å²) in [7, 11) is -1.61. The SMILES string of the molecule is CC1CCC(C(C)C)C(O[Si](C)(C)C(C)(C)C)C1. The molecule has 1 nitrogen and oxygen atoms in total. The normalized spacial score (nSPS) is 30.8. The van der Waals surface area contributed by atoms with Gasteiger partial charge in [0.2, 0.25) is 0 Å². The van der Waals surface area contributed by atoms with Crippen molar-refractivity contribution < 1.29 is 4.43 Å². The topological polar surface area (TPSA) is 9.23 Å². The van der Waals surface area contributed by atoms with Crippen molar-refractivity contribution in [2.24, 2.45) is 17.8 Å². The summed E-state index contributed by atoms with van der Waals surface area (Å²) >= 11 is 0. The average Bonchev–Trinajstić information content (AvgIpc) is 2.14. The molecule has 3 unspecified atom stereocenters. The van der Waals surface area contributed by atoms with Gasteiger partial charge in [-0.2, -0.15) is 0 Å². The standard InChI is InChI=1S/C16H34OSi/c1-12(2)14-10-9-13(3)11-15(14)17-18(7,8)16(4,5)6/h12-15H,9-11H2,1-8H3. The lowest BCUT2D eigenvalue weighted by Gasteiger charge is -2.45. The fourth-order valence-corrected chi connectivity index (χ4v) is 4.19. The fraction of sp³-hybridized carbons (Fsp3) is 1.00. The minimum atomic E-state index is -1.61. The molecule has 0 heterocycles. The van der Waals surface area contributed by atoms with Crippen LogP contribution in [0, 0.1) is 17.8 Å². The number of hydrogen-bond donors (Lipinski definition) is 0. The third kappa shape index (κ3) is 3.83. The van der Waals surface area contributed by atoms with Crippen LogP contribution in [0.2, 0.25) is 18.1 Å². The van der Waals surface area contributed by atoms with Gasteiger partial charge in [0.25, 0.3) is 0 Å². The molecule has 0 aliphatic heterocycles. The van der Waals surface area contributed by atoms with E-state index in [1.54, 1.807) is 0 Å². The zero-order chi connectivity index (χ0) is 14.1. The van der Waals surface area contributed by atoms with E-state index >= 15 is 0 Å². The Balaban J connectivity index is 2.78. The molecule has 1 aliphatic rings. The highest BCUT2D eigenvalue weighted by molar-refractivity contribution is 6.74. The van der Waals surface area contributed by atoms with Crippen LogP contribution in [0.1, 0.15) is 60.8 Å². The van der Waals surface area contributed by atoms with Crippen molar-refractivity contribution in [1.29, 1.82) is 0 Å². The van der Waals surface area contributed by atoms with Crippen molar-refractivity contribution in [1.82, 2.24) is 0 Å². The van der Waals surface area contributed by atoms with Crippen LogP contribution in [0.15, 0.2) is 0 Å². The van der Waals surface area contributed by atoms with Crippen molar-refractivity contribution in [2.45, 2.75) is 85.0 Å². The monoisotopic (exact) mass is 270 g/mol. The van der Waals surface area contributed by atoms with E-state index in [2.05, 4.69) is 54.6 Å². The van der Waals surface area contributed by atoms with E-state index in [9.17, 15) is 0 Å². The van der Waals surface area contributed by atoms with E-state index < -0.39 is 8.32 Å². The summed E-state index contributed by atoms with van der Waals surface area (Å²) in [5.41, 5.74) is 0. The van der Waals surface area contributed by atoms with Crippen molar-refractivity contribution in [3.63, 3.8) is 0 Å². The first kappa shape index (κ1) is 16.2. The van der Waals surface area contributed by atoms with E-state index in [1.165, 1.54) is 19.3 Å². The average molecular weight is 271 g/mol. The molecule has 18 heavy (non-hydrogen) atoms. The Hall–Kier alpha value is 0.177. The Morgan fingerprint density at radius 2 is 1.67 bits per heavy atom. The van der Waals surface area contributed by atoms with Gasteiger partial charge in [-0.15, -0.1) is 0 Å². The summed E-state index contributed by atoms with van der Waals surface area (Å²) < 4.78 is 6.73. The number of rotatable bonds is 3. The third-order valence-electron chi connectivity index (χ3n) is 5.21. The predicted octanol–water partition coefficient (Wildman–Crippen LogP) is 5.47. The maximum absolute atomic E-state index is 6.73. The molecule has 0 aromatic rings.